The molecule has 1 heterocycles. The summed E-state index contributed by atoms with van der Waals surface area (Å²) >= 11 is 0. The van der Waals surface area contributed by atoms with E-state index in [9.17, 15) is 8.42 Å². The van der Waals surface area contributed by atoms with Crippen molar-refractivity contribution >= 4 is 15.7 Å². The summed E-state index contributed by atoms with van der Waals surface area (Å²) in [4.78, 5) is 0.303. The maximum atomic E-state index is 11.8. The largest absolute Gasteiger partial charge is 0.382 e. The number of hydrogen-bond donors (Lipinski definition) is 3. The third-order valence-corrected chi connectivity index (χ3v) is 4.90. The topological polar surface area (TPSA) is 70.2 Å². The van der Waals surface area contributed by atoms with Crippen molar-refractivity contribution in [2.75, 3.05) is 25.5 Å². The predicted octanol–water partition coefficient (Wildman–Crippen LogP) is 1.07. The minimum atomic E-state index is -3.38. The van der Waals surface area contributed by atoms with Crippen LogP contribution in [0.3, 0.4) is 0 Å². The van der Waals surface area contributed by atoms with E-state index < -0.39 is 10.0 Å². The van der Waals surface area contributed by atoms with Gasteiger partial charge in [0, 0.05) is 11.7 Å². The number of rotatable bonds is 4. The van der Waals surface area contributed by atoms with Crippen molar-refractivity contribution in [1.82, 2.24) is 10.0 Å². The van der Waals surface area contributed by atoms with Crippen molar-refractivity contribution in [3.63, 3.8) is 0 Å². The van der Waals surface area contributed by atoms with E-state index in [4.69, 9.17) is 0 Å². The molecule has 1 fully saturated rings. The van der Waals surface area contributed by atoms with Crippen molar-refractivity contribution in [3.8, 4) is 0 Å². The van der Waals surface area contributed by atoms with Gasteiger partial charge in [0.05, 0.1) is 4.90 Å². The maximum absolute atomic E-state index is 11.8. The lowest BCUT2D eigenvalue weighted by Crippen LogP contribution is -2.35. The lowest BCUT2D eigenvalue weighted by Gasteiger charge is -2.25. The normalized spacial score (nSPS) is 17.4. The fraction of sp³-hybridized carbons (Fsp3) is 0.538. The highest BCUT2D eigenvalue weighted by Crippen LogP contribution is 2.22. The smallest absolute Gasteiger partial charge is 0.240 e. The number of anilines is 1. The van der Waals surface area contributed by atoms with Gasteiger partial charge in [0.1, 0.15) is 0 Å². The quantitative estimate of drug-likeness (QED) is 0.773. The lowest BCUT2D eigenvalue weighted by atomic mass is 10.1. The number of nitrogens with one attached hydrogen (secondary N) is 3. The van der Waals surface area contributed by atoms with Crippen LogP contribution in [0.5, 0.6) is 0 Å². The van der Waals surface area contributed by atoms with Gasteiger partial charge in [0.25, 0.3) is 0 Å². The summed E-state index contributed by atoms with van der Waals surface area (Å²) in [5.74, 6) is 0. The van der Waals surface area contributed by atoms with Crippen molar-refractivity contribution in [1.29, 1.82) is 0 Å². The summed E-state index contributed by atoms with van der Waals surface area (Å²) in [6, 6.07) is 5.60. The molecule has 106 valence electrons. The monoisotopic (exact) mass is 283 g/mol. The van der Waals surface area contributed by atoms with E-state index >= 15 is 0 Å². The molecule has 0 aromatic heterocycles. The number of sulfonamides is 1. The van der Waals surface area contributed by atoms with Gasteiger partial charge in [-0.1, -0.05) is 6.07 Å². The Kier molecular flexibility index (Phi) is 4.44. The second kappa shape index (κ2) is 5.90. The molecule has 0 spiro atoms. The summed E-state index contributed by atoms with van der Waals surface area (Å²) in [7, 11) is -1.95. The van der Waals surface area contributed by atoms with Crippen molar-refractivity contribution in [2.24, 2.45) is 0 Å². The molecule has 3 N–H and O–H groups in total. The van der Waals surface area contributed by atoms with E-state index in [1.54, 1.807) is 12.1 Å². The van der Waals surface area contributed by atoms with E-state index in [0.29, 0.717) is 10.9 Å². The van der Waals surface area contributed by atoms with Crippen LogP contribution in [0.2, 0.25) is 0 Å². The van der Waals surface area contributed by atoms with Crippen molar-refractivity contribution in [3.05, 3.63) is 23.8 Å². The molecule has 2 rings (SSSR count). The SMILES string of the molecule is CNS(=O)(=O)c1ccc(C)c(NC2CCNCC2)c1. The molecule has 1 aromatic carbocycles. The Morgan fingerprint density at radius 2 is 1.95 bits per heavy atom. The second-order valence-electron chi connectivity index (χ2n) is 4.85. The van der Waals surface area contributed by atoms with E-state index in [1.807, 2.05) is 13.0 Å². The first-order valence-corrected chi connectivity index (χ1v) is 8.03. The van der Waals surface area contributed by atoms with E-state index in [0.717, 1.165) is 37.2 Å². The molecule has 0 unspecified atom stereocenters. The van der Waals surface area contributed by atoms with Crippen LogP contribution in [-0.4, -0.2) is 34.6 Å². The van der Waals surface area contributed by atoms with Gasteiger partial charge in [0.15, 0.2) is 0 Å². The summed E-state index contributed by atoms with van der Waals surface area (Å²) in [5, 5.41) is 6.77. The molecule has 1 saturated heterocycles. The Hall–Kier alpha value is -1.11. The van der Waals surface area contributed by atoms with Gasteiger partial charge < -0.3 is 10.6 Å². The molecule has 19 heavy (non-hydrogen) atoms. The average Bonchev–Trinajstić information content (AvgIpc) is 2.42. The standard InChI is InChI=1S/C13H21N3O2S/c1-10-3-4-12(19(17,18)14-2)9-13(10)16-11-5-7-15-8-6-11/h3-4,9,11,14-16H,5-8H2,1-2H3. The number of aryl methyl sites for hydroxylation is 1. The molecule has 1 aliphatic heterocycles. The fourth-order valence-corrected chi connectivity index (χ4v) is 2.98. The molecular weight excluding hydrogens is 262 g/mol. The minimum absolute atomic E-state index is 0.303. The Bertz CT molecular complexity index is 537. The molecule has 0 radical (unpaired) electrons. The molecule has 1 aromatic rings. The van der Waals surface area contributed by atoms with Crippen molar-refractivity contribution in [2.45, 2.75) is 30.7 Å². The first-order chi connectivity index (χ1) is 9.03. The Morgan fingerprint density at radius 1 is 1.26 bits per heavy atom. The van der Waals surface area contributed by atoms with Crippen LogP contribution in [0.1, 0.15) is 18.4 Å². The molecule has 0 atom stereocenters. The zero-order chi connectivity index (χ0) is 13.9. The molecule has 0 saturated carbocycles. The van der Waals surface area contributed by atoms with Gasteiger partial charge in [0.2, 0.25) is 10.0 Å². The van der Waals surface area contributed by atoms with Gasteiger partial charge in [-0.05, 0) is 57.6 Å². The molecular formula is C13H21N3O2S. The van der Waals surface area contributed by atoms with E-state index in [-0.39, 0.29) is 0 Å². The molecule has 0 amide bonds. The van der Waals surface area contributed by atoms with E-state index in [2.05, 4.69) is 15.4 Å². The number of benzene rings is 1. The minimum Gasteiger partial charge on any atom is -0.382 e. The fourth-order valence-electron chi connectivity index (χ4n) is 2.23. The van der Waals surface area contributed by atoms with Crippen molar-refractivity contribution < 1.29 is 8.42 Å². The second-order valence-corrected chi connectivity index (χ2v) is 6.74. The average molecular weight is 283 g/mol. The highest BCUT2D eigenvalue weighted by Gasteiger charge is 2.16. The molecule has 0 aliphatic carbocycles. The third kappa shape index (κ3) is 3.46. The van der Waals surface area contributed by atoms with Crippen LogP contribution in [0, 0.1) is 6.92 Å². The van der Waals surface area contributed by atoms with Gasteiger partial charge in [-0.3, -0.25) is 0 Å². The van der Waals surface area contributed by atoms with Gasteiger partial charge >= 0.3 is 0 Å². The number of piperidine rings is 1. The molecule has 5 nitrogen and oxygen atoms in total. The molecule has 1 aliphatic rings. The number of hydrogen-bond acceptors (Lipinski definition) is 4. The Balaban J connectivity index is 2.22. The highest BCUT2D eigenvalue weighted by molar-refractivity contribution is 7.89. The predicted molar refractivity (Wildman–Crippen MR) is 76.9 cm³/mol. The maximum Gasteiger partial charge on any atom is 0.240 e. The Morgan fingerprint density at radius 3 is 2.58 bits per heavy atom. The summed E-state index contributed by atoms with van der Waals surface area (Å²) < 4.78 is 26.0. The van der Waals surface area contributed by atoms with Gasteiger partial charge in [-0.2, -0.15) is 0 Å². The lowest BCUT2D eigenvalue weighted by molar-refractivity contribution is 0.479. The van der Waals surface area contributed by atoms with Crippen LogP contribution in [0.15, 0.2) is 23.1 Å². The van der Waals surface area contributed by atoms with Gasteiger partial charge in [-0.15, -0.1) is 0 Å². The zero-order valence-corrected chi connectivity index (χ0v) is 12.2. The summed E-state index contributed by atoms with van der Waals surface area (Å²) in [6.45, 7) is 4.00. The van der Waals surface area contributed by atoms with E-state index in [1.165, 1.54) is 7.05 Å². The summed E-state index contributed by atoms with van der Waals surface area (Å²) in [6.07, 6.45) is 2.12. The first-order valence-electron chi connectivity index (χ1n) is 6.54. The summed E-state index contributed by atoms with van der Waals surface area (Å²) in [5.41, 5.74) is 1.97. The molecule has 0 bridgehead atoms. The third-order valence-electron chi connectivity index (χ3n) is 3.49. The van der Waals surface area contributed by atoms with Crippen LogP contribution in [0.4, 0.5) is 5.69 Å². The highest BCUT2D eigenvalue weighted by atomic mass is 32.2. The Labute approximate surface area is 114 Å². The zero-order valence-electron chi connectivity index (χ0n) is 11.4. The van der Waals surface area contributed by atoms with Crippen LogP contribution in [-0.2, 0) is 10.0 Å². The van der Waals surface area contributed by atoms with Crippen LogP contribution in [0.25, 0.3) is 0 Å². The van der Waals surface area contributed by atoms with Crippen LogP contribution < -0.4 is 15.4 Å². The van der Waals surface area contributed by atoms with Crippen LogP contribution >= 0.6 is 0 Å². The first kappa shape index (κ1) is 14.3. The molecule has 6 heteroatoms. The van der Waals surface area contributed by atoms with Gasteiger partial charge in [-0.25, -0.2) is 13.1 Å².